The summed E-state index contributed by atoms with van der Waals surface area (Å²) in [6, 6.07) is 9.92. The van der Waals surface area contributed by atoms with Gasteiger partial charge in [-0.15, -0.1) is 0 Å². The highest BCUT2D eigenvalue weighted by atomic mass is 16.5. The van der Waals surface area contributed by atoms with Gasteiger partial charge in [0.2, 0.25) is 0 Å². The molecule has 0 aliphatic heterocycles. The molecular formula is C21H28O3. The van der Waals surface area contributed by atoms with Crippen LogP contribution in [0.25, 0.3) is 0 Å². The maximum Gasteiger partial charge on any atom is 0.339 e. The van der Waals surface area contributed by atoms with Crippen molar-refractivity contribution in [1.82, 2.24) is 0 Å². The standard InChI is InChI=1S/C21H28O3/c1-2-24-19(22)21(23,14-15-6-4-3-5-7-15)20-11-16-8-17(12-20)10-18(9-16)13-20/h3-7,16-18,23H,2,8-14H2,1H3. The van der Waals surface area contributed by atoms with Crippen LogP contribution in [0.4, 0.5) is 0 Å². The summed E-state index contributed by atoms with van der Waals surface area (Å²) in [7, 11) is 0. The summed E-state index contributed by atoms with van der Waals surface area (Å²) in [6.45, 7) is 2.14. The summed E-state index contributed by atoms with van der Waals surface area (Å²) >= 11 is 0. The molecule has 0 amide bonds. The topological polar surface area (TPSA) is 46.5 Å². The lowest BCUT2D eigenvalue weighted by molar-refractivity contribution is -0.208. The molecule has 1 atom stereocenters. The summed E-state index contributed by atoms with van der Waals surface area (Å²) in [4.78, 5) is 12.9. The van der Waals surface area contributed by atoms with Crippen molar-refractivity contribution in [2.24, 2.45) is 23.2 Å². The maximum atomic E-state index is 12.9. The summed E-state index contributed by atoms with van der Waals surface area (Å²) < 4.78 is 5.38. The van der Waals surface area contributed by atoms with Crippen LogP contribution in [0.15, 0.2) is 30.3 Å². The minimum Gasteiger partial charge on any atom is -0.464 e. The van der Waals surface area contributed by atoms with Crippen molar-refractivity contribution in [3.8, 4) is 0 Å². The second-order valence-corrected chi connectivity index (χ2v) is 8.44. The molecule has 0 aromatic heterocycles. The third-order valence-electron chi connectivity index (χ3n) is 6.83. The van der Waals surface area contributed by atoms with Gasteiger partial charge in [-0.1, -0.05) is 30.3 Å². The van der Waals surface area contributed by atoms with Crippen LogP contribution >= 0.6 is 0 Å². The molecule has 5 rings (SSSR count). The molecule has 4 bridgehead atoms. The van der Waals surface area contributed by atoms with Crippen molar-refractivity contribution >= 4 is 5.97 Å². The van der Waals surface area contributed by atoms with Gasteiger partial charge in [0.1, 0.15) is 0 Å². The lowest BCUT2D eigenvalue weighted by Crippen LogP contribution is -2.63. The molecule has 130 valence electrons. The van der Waals surface area contributed by atoms with Crippen LogP contribution in [0.5, 0.6) is 0 Å². The SMILES string of the molecule is CCOC(=O)C(O)(Cc1ccccc1)C12CC3CC(CC(C3)C1)C2. The van der Waals surface area contributed by atoms with Crippen molar-refractivity contribution in [1.29, 1.82) is 0 Å². The van der Waals surface area contributed by atoms with E-state index in [1.54, 1.807) is 0 Å². The highest BCUT2D eigenvalue weighted by molar-refractivity contribution is 5.81. The summed E-state index contributed by atoms with van der Waals surface area (Å²) in [5, 5.41) is 11.8. The Hall–Kier alpha value is -1.35. The predicted molar refractivity (Wildman–Crippen MR) is 92.3 cm³/mol. The average molecular weight is 328 g/mol. The molecule has 0 radical (unpaired) electrons. The van der Waals surface area contributed by atoms with Crippen molar-refractivity contribution in [2.75, 3.05) is 6.61 Å². The van der Waals surface area contributed by atoms with Crippen LogP contribution in [0.2, 0.25) is 0 Å². The number of carbonyl (C=O) groups excluding carboxylic acids is 1. The molecular weight excluding hydrogens is 300 g/mol. The zero-order chi connectivity index (χ0) is 16.8. The summed E-state index contributed by atoms with van der Waals surface area (Å²) in [5.41, 5.74) is -0.659. The fourth-order valence-electron chi connectivity index (χ4n) is 6.24. The molecule has 1 N–H and O–H groups in total. The largest absolute Gasteiger partial charge is 0.464 e. The molecule has 1 unspecified atom stereocenters. The maximum absolute atomic E-state index is 12.9. The van der Waals surface area contributed by atoms with Crippen LogP contribution in [-0.4, -0.2) is 23.3 Å². The van der Waals surface area contributed by atoms with Gasteiger partial charge in [0.25, 0.3) is 0 Å². The Morgan fingerprint density at radius 2 is 1.67 bits per heavy atom. The molecule has 4 aliphatic carbocycles. The fraction of sp³-hybridized carbons (Fsp3) is 0.667. The van der Waals surface area contributed by atoms with Crippen molar-refractivity contribution in [2.45, 2.75) is 57.5 Å². The molecule has 0 heterocycles. The van der Waals surface area contributed by atoms with E-state index in [0.717, 1.165) is 24.8 Å². The van der Waals surface area contributed by atoms with Crippen molar-refractivity contribution in [3.05, 3.63) is 35.9 Å². The highest BCUT2D eigenvalue weighted by Gasteiger charge is 2.63. The van der Waals surface area contributed by atoms with Gasteiger partial charge in [0.15, 0.2) is 5.60 Å². The highest BCUT2D eigenvalue weighted by Crippen LogP contribution is 2.64. The van der Waals surface area contributed by atoms with Crippen LogP contribution in [0.1, 0.15) is 51.0 Å². The smallest absolute Gasteiger partial charge is 0.339 e. The first kappa shape index (κ1) is 16.1. The van der Waals surface area contributed by atoms with Gasteiger partial charge in [0, 0.05) is 11.8 Å². The van der Waals surface area contributed by atoms with E-state index in [1.807, 2.05) is 37.3 Å². The molecule has 24 heavy (non-hydrogen) atoms. The monoisotopic (exact) mass is 328 g/mol. The van der Waals surface area contributed by atoms with E-state index in [1.165, 1.54) is 19.3 Å². The minimum atomic E-state index is -1.39. The second-order valence-electron chi connectivity index (χ2n) is 8.44. The van der Waals surface area contributed by atoms with Gasteiger partial charge in [0.05, 0.1) is 6.61 Å². The van der Waals surface area contributed by atoms with Gasteiger partial charge in [-0.25, -0.2) is 4.79 Å². The normalized spacial score (nSPS) is 36.3. The number of esters is 1. The van der Waals surface area contributed by atoms with E-state index in [-0.39, 0.29) is 5.41 Å². The van der Waals surface area contributed by atoms with E-state index >= 15 is 0 Å². The molecule has 3 heteroatoms. The number of aliphatic hydroxyl groups is 1. The van der Waals surface area contributed by atoms with E-state index in [9.17, 15) is 9.90 Å². The van der Waals surface area contributed by atoms with Crippen LogP contribution in [-0.2, 0) is 16.0 Å². The van der Waals surface area contributed by atoms with Gasteiger partial charge in [-0.05, 0) is 68.8 Å². The van der Waals surface area contributed by atoms with Crippen LogP contribution in [0.3, 0.4) is 0 Å². The summed E-state index contributed by atoms with van der Waals surface area (Å²) in [5.74, 6) is 1.66. The Labute approximate surface area is 144 Å². The molecule has 4 aliphatic rings. The molecule has 0 spiro atoms. The number of benzene rings is 1. The molecule has 1 aromatic carbocycles. The first-order chi connectivity index (χ1) is 11.5. The first-order valence-corrected chi connectivity index (χ1v) is 9.48. The lowest BCUT2D eigenvalue weighted by atomic mass is 9.44. The lowest BCUT2D eigenvalue weighted by Gasteiger charge is -2.61. The Bertz CT molecular complexity index is 573. The fourth-order valence-corrected chi connectivity index (χ4v) is 6.24. The van der Waals surface area contributed by atoms with E-state index in [2.05, 4.69) is 0 Å². The Balaban J connectivity index is 1.71. The van der Waals surface area contributed by atoms with Crippen LogP contribution in [0, 0.1) is 23.2 Å². The van der Waals surface area contributed by atoms with E-state index < -0.39 is 11.6 Å². The molecule has 3 nitrogen and oxygen atoms in total. The van der Waals surface area contributed by atoms with Crippen molar-refractivity contribution in [3.63, 3.8) is 0 Å². The number of ether oxygens (including phenoxy) is 1. The Morgan fingerprint density at radius 1 is 1.12 bits per heavy atom. The van der Waals surface area contributed by atoms with E-state index in [0.29, 0.717) is 30.8 Å². The number of hydrogen-bond acceptors (Lipinski definition) is 3. The Kier molecular flexibility index (Phi) is 3.95. The number of carbonyl (C=O) groups is 1. The van der Waals surface area contributed by atoms with Gasteiger partial charge in [-0.3, -0.25) is 0 Å². The van der Waals surface area contributed by atoms with Crippen molar-refractivity contribution < 1.29 is 14.6 Å². The molecule has 4 saturated carbocycles. The molecule has 0 saturated heterocycles. The first-order valence-electron chi connectivity index (χ1n) is 9.48. The average Bonchev–Trinajstić information content (AvgIpc) is 2.54. The zero-order valence-corrected chi connectivity index (χ0v) is 14.5. The van der Waals surface area contributed by atoms with E-state index in [4.69, 9.17) is 4.74 Å². The Morgan fingerprint density at radius 3 is 2.17 bits per heavy atom. The van der Waals surface area contributed by atoms with Crippen LogP contribution < -0.4 is 0 Å². The zero-order valence-electron chi connectivity index (χ0n) is 14.5. The number of rotatable bonds is 5. The molecule has 1 aromatic rings. The summed E-state index contributed by atoms with van der Waals surface area (Å²) in [6.07, 6.45) is 7.22. The third-order valence-corrected chi connectivity index (χ3v) is 6.83. The number of hydrogen-bond donors (Lipinski definition) is 1. The van der Waals surface area contributed by atoms with Gasteiger partial charge < -0.3 is 9.84 Å². The second kappa shape index (κ2) is 5.87. The van der Waals surface area contributed by atoms with Gasteiger partial charge in [-0.2, -0.15) is 0 Å². The van der Waals surface area contributed by atoms with Gasteiger partial charge >= 0.3 is 5.97 Å². The predicted octanol–water partition coefficient (Wildman–Crippen LogP) is 3.74. The minimum absolute atomic E-state index is 0.288. The third kappa shape index (κ3) is 2.48. The quantitative estimate of drug-likeness (QED) is 0.838. The molecule has 4 fully saturated rings.